The first kappa shape index (κ1) is 20.9. The predicted molar refractivity (Wildman–Crippen MR) is 118 cm³/mol. The maximum atomic E-state index is 10.8. The Kier molecular flexibility index (Phi) is 4.95. The molecule has 2 heterocycles. The Morgan fingerprint density at radius 2 is 1.68 bits per heavy atom. The molecule has 0 saturated carbocycles. The Bertz CT molecular complexity index is 901. The van der Waals surface area contributed by atoms with Crippen LogP contribution in [-0.4, -0.2) is 32.8 Å². The number of aryl methyl sites for hydroxylation is 1. The van der Waals surface area contributed by atoms with Crippen LogP contribution in [0.15, 0.2) is 30.3 Å². The van der Waals surface area contributed by atoms with E-state index in [0.29, 0.717) is 12.4 Å². The van der Waals surface area contributed by atoms with Crippen molar-refractivity contribution >= 4 is 22.5 Å². The number of aromatic nitrogens is 1. The molecule has 3 rings (SSSR count). The van der Waals surface area contributed by atoms with Crippen molar-refractivity contribution in [2.75, 3.05) is 22.2 Å². The lowest BCUT2D eigenvalue weighted by atomic mass is 9.93. The van der Waals surface area contributed by atoms with Crippen molar-refractivity contribution in [2.24, 2.45) is 5.41 Å². The third kappa shape index (κ3) is 3.72. The molecule has 0 aliphatic carbocycles. The normalized spacial score (nSPS) is 17.6. The van der Waals surface area contributed by atoms with Gasteiger partial charge < -0.3 is 5.11 Å². The minimum Gasteiger partial charge on any atom is -0.386 e. The van der Waals surface area contributed by atoms with Gasteiger partial charge in [-0.05, 0) is 66.5 Å². The summed E-state index contributed by atoms with van der Waals surface area (Å²) in [4.78, 5) is 4.77. The fourth-order valence-electron chi connectivity index (χ4n) is 3.29. The van der Waals surface area contributed by atoms with Crippen molar-refractivity contribution in [3.05, 3.63) is 41.5 Å². The quantitative estimate of drug-likeness (QED) is 0.654. The summed E-state index contributed by atoms with van der Waals surface area (Å²) in [6, 6.07) is 9.64. The maximum absolute atomic E-state index is 10.8. The fourth-order valence-corrected chi connectivity index (χ4v) is 4.92. The molecule has 0 spiro atoms. The van der Waals surface area contributed by atoms with Gasteiger partial charge in [-0.3, -0.25) is 9.11 Å². The standard InChI is InChI=1S/C21H31N3O3S/c1-14-8-9-15(21(5,6)25)12-16(14)17-10-11-18-19(22-17)23(7)28(26,27)24(18)13-20(2,3)4/h8-12,25-27H,13H2,1-7H3. The van der Waals surface area contributed by atoms with Gasteiger partial charge in [0.15, 0.2) is 5.82 Å². The van der Waals surface area contributed by atoms with Crippen molar-refractivity contribution < 1.29 is 14.2 Å². The molecular formula is C21H31N3O3S. The molecule has 3 N–H and O–H groups in total. The lowest BCUT2D eigenvalue weighted by Gasteiger charge is -2.44. The second kappa shape index (κ2) is 6.62. The highest BCUT2D eigenvalue weighted by Gasteiger charge is 2.41. The van der Waals surface area contributed by atoms with Gasteiger partial charge in [0.2, 0.25) is 0 Å². The van der Waals surface area contributed by atoms with Gasteiger partial charge in [0.25, 0.3) is 0 Å². The topological polar surface area (TPSA) is 80.1 Å². The fraction of sp³-hybridized carbons (Fsp3) is 0.476. The summed E-state index contributed by atoms with van der Waals surface area (Å²) in [5.74, 6) is 0.551. The summed E-state index contributed by atoms with van der Waals surface area (Å²) in [5, 5.41) is 10.4. The summed E-state index contributed by atoms with van der Waals surface area (Å²) in [5.41, 5.74) is 3.17. The number of benzene rings is 1. The van der Waals surface area contributed by atoms with Crippen LogP contribution >= 0.6 is 11.0 Å². The van der Waals surface area contributed by atoms with Gasteiger partial charge in [-0.2, -0.15) is 0 Å². The summed E-state index contributed by atoms with van der Waals surface area (Å²) in [6.07, 6.45) is 0. The molecule has 1 aliphatic heterocycles. The summed E-state index contributed by atoms with van der Waals surface area (Å²) in [6.45, 7) is 12.2. The van der Waals surface area contributed by atoms with Crippen LogP contribution in [0.2, 0.25) is 0 Å². The molecule has 0 bridgehead atoms. The van der Waals surface area contributed by atoms with Gasteiger partial charge >= 0.3 is 0 Å². The average molecular weight is 406 g/mol. The Labute approximate surface area is 169 Å². The molecule has 28 heavy (non-hydrogen) atoms. The van der Waals surface area contributed by atoms with E-state index in [1.54, 1.807) is 25.2 Å². The zero-order valence-electron chi connectivity index (χ0n) is 17.7. The first-order chi connectivity index (χ1) is 12.7. The maximum Gasteiger partial charge on any atom is 0.174 e. The van der Waals surface area contributed by atoms with E-state index in [2.05, 4.69) is 20.8 Å². The lowest BCUT2D eigenvalue weighted by molar-refractivity contribution is 0.0786. The first-order valence-electron chi connectivity index (χ1n) is 9.36. The molecule has 0 atom stereocenters. The summed E-state index contributed by atoms with van der Waals surface area (Å²) < 4.78 is 24.7. The van der Waals surface area contributed by atoms with Crippen LogP contribution in [-0.2, 0) is 5.60 Å². The van der Waals surface area contributed by atoms with Crippen LogP contribution < -0.4 is 8.61 Å². The van der Waals surface area contributed by atoms with Crippen molar-refractivity contribution in [1.29, 1.82) is 0 Å². The van der Waals surface area contributed by atoms with E-state index in [-0.39, 0.29) is 5.41 Å². The number of hydrogen-bond acceptors (Lipinski definition) is 6. The summed E-state index contributed by atoms with van der Waals surface area (Å²) >= 11 is 0. The lowest BCUT2D eigenvalue weighted by Crippen LogP contribution is -2.36. The van der Waals surface area contributed by atoms with Gasteiger partial charge in [0.1, 0.15) is 5.69 Å². The summed E-state index contributed by atoms with van der Waals surface area (Å²) in [7, 11) is -1.47. The van der Waals surface area contributed by atoms with Crippen molar-refractivity contribution in [3.63, 3.8) is 0 Å². The molecule has 6 nitrogen and oxygen atoms in total. The van der Waals surface area contributed by atoms with Crippen LogP contribution in [0.25, 0.3) is 11.3 Å². The number of nitrogens with zero attached hydrogens (tertiary/aromatic N) is 3. The van der Waals surface area contributed by atoms with Crippen LogP contribution in [0.4, 0.5) is 11.5 Å². The van der Waals surface area contributed by atoms with Gasteiger partial charge in [0.05, 0.1) is 11.3 Å². The number of fused-ring (bicyclic) bond motifs is 1. The third-order valence-electron chi connectivity index (χ3n) is 4.92. The van der Waals surface area contributed by atoms with Crippen molar-refractivity contribution in [3.8, 4) is 11.3 Å². The average Bonchev–Trinajstić information content (AvgIpc) is 2.73. The van der Waals surface area contributed by atoms with Gasteiger partial charge in [-0.25, -0.2) is 13.6 Å². The number of rotatable bonds is 3. The zero-order chi connectivity index (χ0) is 21.1. The van der Waals surface area contributed by atoms with E-state index in [1.165, 1.54) is 4.31 Å². The molecule has 1 aliphatic rings. The number of pyridine rings is 1. The minimum absolute atomic E-state index is 0.109. The zero-order valence-corrected chi connectivity index (χ0v) is 18.5. The Morgan fingerprint density at radius 3 is 2.25 bits per heavy atom. The van der Waals surface area contributed by atoms with Crippen molar-refractivity contribution in [2.45, 2.75) is 47.1 Å². The van der Waals surface area contributed by atoms with Gasteiger partial charge in [-0.15, -0.1) is 0 Å². The molecule has 0 fully saturated rings. The molecule has 2 aromatic rings. The third-order valence-corrected chi connectivity index (χ3v) is 6.75. The number of hydrogen-bond donors (Lipinski definition) is 3. The molecule has 1 aromatic carbocycles. The molecule has 0 amide bonds. The van der Waals surface area contributed by atoms with Gasteiger partial charge in [-0.1, -0.05) is 32.9 Å². The molecule has 0 radical (unpaired) electrons. The highest BCUT2D eigenvalue weighted by Crippen LogP contribution is 2.60. The second-order valence-corrected chi connectivity index (χ2v) is 11.2. The minimum atomic E-state index is -3.13. The molecule has 0 unspecified atom stereocenters. The molecular weight excluding hydrogens is 374 g/mol. The second-order valence-electron chi connectivity index (χ2n) is 9.21. The smallest absolute Gasteiger partial charge is 0.174 e. The van der Waals surface area contributed by atoms with Gasteiger partial charge in [0, 0.05) is 19.2 Å². The molecule has 1 aromatic heterocycles. The Balaban J connectivity index is 2.10. The molecule has 7 heteroatoms. The number of anilines is 2. The Hall–Kier alpha value is -1.80. The van der Waals surface area contributed by atoms with E-state index in [9.17, 15) is 14.2 Å². The van der Waals surface area contributed by atoms with E-state index >= 15 is 0 Å². The van der Waals surface area contributed by atoms with Crippen LogP contribution in [0.3, 0.4) is 0 Å². The number of aliphatic hydroxyl groups is 1. The molecule has 154 valence electrons. The highest BCUT2D eigenvalue weighted by molar-refractivity contribution is 8.26. The largest absolute Gasteiger partial charge is 0.386 e. The Morgan fingerprint density at radius 1 is 1.04 bits per heavy atom. The predicted octanol–water partition coefficient (Wildman–Crippen LogP) is 5.17. The van der Waals surface area contributed by atoms with E-state index < -0.39 is 16.6 Å². The highest BCUT2D eigenvalue weighted by atomic mass is 32.3. The first-order valence-corrected chi connectivity index (χ1v) is 10.8. The van der Waals surface area contributed by atoms with Crippen LogP contribution in [0.1, 0.15) is 45.7 Å². The van der Waals surface area contributed by atoms with Crippen LogP contribution in [0.5, 0.6) is 0 Å². The monoisotopic (exact) mass is 405 g/mol. The van der Waals surface area contributed by atoms with Crippen molar-refractivity contribution in [1.82, 2.24) is 4.98 Å². The van der Waals surface area contributed by atoms with E-state index in [4.69, 9.17) is 4.98 Å². The van der Waals surface area contributed by atoms with E-state index in [0.717, 1.165) is 28.1 Å². The van der Waals surface area contributed by atoms with Crippen LogP contribution in [0, 0.1) is 12.3 Å². The van der Waals surface area contributed by atoms with E-state index in [1.807, 2.05) is 37.3 Å². The SMILES string of the molecule is Cc1ccc(C(C)(C)O)cc1-c1ccc2c(n1)N(C)S(O)(O)N2CC(C)(C)C. The molecule has 0 saturated heterocycles.